The number of phosphoric ester groups is 1. The van der Waals surface area contributed by atoms with Gasteiger partial charge >= 0.3 is 26.4 Å². The molecular formula is C63H63F9N9O10PS3. The molecule has 32 heteroatoms. The van der Waals surface area contributed by atoms with Gasteiger partial charge in [0.25, 0.3) is 17.7 Å². The predicted octanol–water partition coefficient (Wildman–Crippen LogP) is 15.5. The lowest BCUT2D eigenvalue weighted by Crippen LogP contribution is -2.26. The van der Waals surface area contributed by atoms with Gasteiger partial charge in [0.2, 0.25) is 0 Å². The van der Waals surface area contributed by atoms with Gasteiger partial charge in [0.15, 0.2) is 14.4 Å². The topological polar surface area (TPSA) is 214 Å². The standard InChI is InChI=1S/C63H63F9N9O10PS3/c1-7-10-25-79-46-31-73-22-19-52(46)93-58(79)76-55(82)43-28-40(61(64,65)66)13-16-49(43)86-34-37(4)89-92(85,90-38(5)35-87-50-17-14-41(62(67,68)69)29-44(50)56(83)77-59-80(26-11-8-2)47-32-74-23-20-53(47)94-59)91-39(6)36-88-51-18-15-42(63(70,71)72)30-45(51)57(84)78-60-81(27-12-9-3)48-33-75-24-21-54(48)95-60/h13-24,28-33,37-39H,7-12,25-27,34-36H2,1-6H3/t37-,38-,39-,92?/m0/s1. The summed E-state index contributed by atoms with van der Waals surface area (Å²) in [5, 5.41) is 0. The summed E-state index contributed by atoms with van der Waals surface area (Å²) in [4.78, 5) is 68.1. The first-order chi connectivity index (χ1) is 45.2. The number of rotatable bonds is 27. The van der Waals surface area contributed by atoms with Gasteiger partial charge in [-0.1, -0.05) is 74.0 Å². The minimum Gasteiger partial charge on any atom is -0.490 e. The highest BCUT2D eigenvalue weighted by molar-refractivity contribution is 7.48. The lowest BCUT2D eigenvalue weighted by Gasteiger charge is -2.27. The van der Waals surface area contributed by atoms with Gasteiger partial charge in [-0.15, -0.1) is 0 Å². The van der Waals surface area contributed by atoms with E-state index in [1.807, 2.05) is 20.8 Å². The summed E-state index contributed by atoms with van der Waals surface area (Å²) in [7, 11) is -5.12. The molecule has 0 unspecified atom stereocenters. The molecule has 19 nitrogen and oxygen atoms in total. The molecule has 3 aromatic carbocycles. The Bertz CT molecular complexity index is 4080. The number of alkyl halides is 9. The maximum Gasteiger partial charge on any atom is 0.475 e. The molecule has 95 heavy (non-hydrogen) atoms. The van der Waals surface area contributed by atoms with Gasteiger partial charge in [-0.3, -0.25) is 42.9 Å². The molecule has 0 bridgehead atoms. The minimum absolute atomic E-state index is 0.173. The molecule has 0 spiro atoms. The Kier molecular flexibility index (Phi) is 23.2. The van der Waals surface area contributed by atoms with E-state index in [4.69, 9.17) is 27.8 Å². The molecule has 9 rings (SSSR count). The highest BCUT2D eigenvalue weighted by Gasteiger charge is 2.38. The van der Waals surface area contributed by atoms with Crippen LogP contribution in [0.4, 0.5) is 39.5 Å². The molecule has 0 aliphatic carbocycles. The van der Waals surface area contributed by atoms with Crippen molar-refractivity contribution in [3.05, 3.63) is 158 Å². The Labute approximate surface area is 548 Å². The van der Waals surface area contributed by atoms with Crippen molar-refractivity contribution in [2.75, 3.05) is 19.8 Å². The second-order valence-electron chi connectivity index (χ2n) is 21.7. The summed E-state index contributed by atoms with van der Waals surface area (Å²) in [6.45, 7) is 8.94. The van der Waals surface area contributed by atoms with Crippen molar-refractivity contribution in [3.63, 3.8) is 0 Å². The highest BCUT2D eigenvalue weighted by atomic mass is 32.1. The Morgan fingerprint density at radius 3 is 0.989 bits per heavy atom. The molecule has 0 saturated carbocycles. The molecule has 0 radical (unpaired) electrons. The van der Waals surface area contributed by atoms with Crippen molar-refractivity contribution >= 4 is 90.2 Å². The largest absolute Gasteiger partial charge is 0.490 e. The third kappa shape index (κ3) is 18.0. The smallest absolute Gasteiger partial charge is 0.475 e. The summed E-state index contributed by atoms with van der Waals surface area (Å²) in [6, 6.07) is 11.6. The first-order valence-electron chi connectivity index (χ1n) is 29.9. The average Bonchev–Trinajstić information content (AvgIpc) is 1.78. The van der Waals surface area contributed by atoms with Crippen LogP contribution >= 0.6 is 41.8 Å². The van der Waals surface area contributed by atoms with Gasteiger partial charge in [0.1, 0.15) is 55.4 Å². The van der Waals surface area contributed by atoms with Crippen LogP contribution in [0.5, 0.6) is 17.2 Å². The molecule has 6 heterocycles. The van der Waals surface area contributed by atoms with Crippen molar-refractivity contribution in [1.82, 2.24) is 28.7 Å². The normalized spacial score (nSPS) is 14.6. The fourth-order valence-electron chi connectivity index (χ4n) is 9.49. The number of halogens is 9. The second-order valence-corrected chi connectivity index (χ2v) is 26.3. The summed E-state index contributed by atoms with van der Waals surface area (Å²) in [5.74, 6) is -4.51. The fourth-order valence-corrected chi connectivity index (χ4v) is 14.2. The third-order valence-electron chi connectivity index (χ3n) is 14.2. The minimum atomic E-state index is -5.12. The molecular weight excluding hydrogens is 1340 g/mol. The number of carbonyl (C=O) groups is 3. The van der Waals surface area contributed by atoms with Crippen LogP contribution in [-0.4, -0.2) is 84.5 Å². The summed E-state index contributed by atoms with van der Waals surface area (Å²) in [5.41, 5.74) is -3.49. The van der Waals surface area contributed by atoms with Crippen LogP contribution in [0, 0.1) is 0 Å². The van der Waals surface area contributed by atoms with Gasteiger partial charge in [0.05, 0.1) is 82.6 Å². The Morgan fingerprint density at radius 1 is 0.463 bits per heavy atom. The van der Waals surface area contributed by atoms with Crippen LogP contribution < -0.4 is 28.6 Å². The van der Waals surface area contributed by atoms with Crippen LogP contribution in [0.25, 0.3) is 30.6 Å². The van der Waals surface area contributed by atoms with Crippen molar-refractivity contribution < 1.29 is 86.2 Å². The van der Waals surface area contributed by atoms with Crippen molar-refractivity contribution in [2.45, 2.75) is 137 Å². The van der Waals surface area contributed by atoms with Crippen molar-refractivity contribution in [1.29, 1.82) is 0 Å². The Morgan fingerprint density at radius 2 is 0.737 bits per heavy atom. The van der Waals surface area contributed by atoms with E-state index in [1.165, 1.54) is 20.8 Å². The van der Waals surface area contributed by atoms with Gasteiger partial charge in [-0.2, -0.15) is 54.5 Å². The number of hydrogen-bond acceptors (Lipinski definition) is 16. The molecule has 0 aliphatic rings. The number of carbonyl (C=O) groups excluding carboxylic acids is 3. The van der Waals surface area contributed by atoms with E-state index in [-0.39, 0.29) is 14.4 Å². The van der Waals surface area contributed by atoms with Crippen LogP contribution in [-0.2, 0) is 56.3 Å². The molecule has 0 saturated heterocycles. The number of unbranched alkanes of at least 4 members (excludes halogenated alkanes) is 3. The summed E-state index contributed by atoms with van der Waals surface area (Å²) in [6.07, 6.45) is -5.39. The van der Waals surface area contributed by atoms with E-state index in [0.29, 0.717) is 106 Å². The molecule has 0 aliphatic heterocycles. The summed E-state index contributed by atoms with van der Waals surface area (Å²) >= 11 is 3.34. The van der Waals surface area contributed by atoms with Crippen LogP contribution in [0.3, 0.4) is 0 Å². The summed E-state index contributed by atoms with van der Waals surface area (Å²) < 4.78 is 187. The van der Waals surface area contributed by atoms with Crippen LogP contribution in [0.2, 0.25) is 0 Å². The van der Waals surface area contributed by atoms with E-state index in [9.17, 15) is 53.9 Å². The zero-order valence-electron chi connectivity index (χ0n) is 51.8. The highest BCUT2D eigenvalue weighted by Crippen LogP contribution is 2.53. The monoisotopic (exact) mass is 1400 g/mol. The van der Waals surface area contributed by atoms with Gasteiger partial charge in [0, 0.05) is 38.2 Å². The molecule has 3 atom stereocenters. The van der Waals surface area contributed by atoms with E-state index in [2.05, 4.69) is 29.9 Å². The van der Waals surface area contributed by atoms with Crippen molar-refractivity contribution in [3.8, 4) is 17.2 Å². The molecule has 3 amide bonds. The number of phosphoric acid groups is 1. The van der Waals surface area contributed by atoms with E-state index < -0.39 is 133 Å². The number of amides is 3. The Balaban J connectivity index is 1.01. The number of thiazole rings is 3. The molecule has 6 aromatic heterocycles. The number of ether oxygens (including phenoxy) is 3. The number of pyridine rings is 3. The van der Waals surface area contributed by atoms with E-state index in [1.54, 1.807) is 69.1 Å². The van der Waals surface area contributed by atoms with Crippen LogP contribution in [0.15, 0.2) is 125 Å². The number of aromatic nitrogens is 6. The van der Waals surface area contributed by atoms with E-state index >= 15 is 4.57 Å². The first kappa shape index (κ1) is 71.4. The number of benzene rings is 3. The second kappa shape index (κ2) is 30.9. The first-order valence-corrected chi connectivity index (χ1v) is 33.8. The number of nitrogens with zero attached hydrogens (tertiary/aromatic N) is 9. The lowest BCUT2D eigenvalue weighted by atomic mass is 10.1. The lowest BCUT2D eigenvalue weighted by molar-refractivity contribution is -0.138. The average molecular weight is 1400 g/mol. The molecule has 9 aromatic rings. The number of fused-ring (bicyclic) bond motifs is 3. The SMILES string of the molecule is CCCCn1c(=NC(=O)c2cc(C(F)(F)F)ccc2OC[C@H](C)OP(=O)(O[C@@H](C)COc2ccc(C(F)(F)F)cc2C(=O)N=c2sc3ccncc3n2CCCC)O[C@@H](C)COc2ccc(C(F)(F)F)cc2C(=O)N=c2sc3ccncc3n2CCCC)sc2ccncc21. The van der Waals surface area contributed by atoms with Gasteiger partial charge < -0.3 is 27.9 Å². The predicted molar refractivity (Wildman–Crippen MR) is 337 cm³/mol. The number of hydrogen-bond donors (Lipinski definition) is 0. The van der Waals surface area contributed by atoms with E-state index in [0.717, 1.165) is 71.5 Å². The molecule has 0 N–H and O–H groups in total. The molecule has 0 fully saturated rings. The maximum atomic E-state index is 15.2. The fraction of sp³-hybridized carbons (Fsp3) is 0.381. The quantitative estimate of drug-likeness (QED) is 0.0346. The molecule has 506 valence electrons. The zero-order chi connectivity index (χ0) is 68.4. The Hall–Kier alpha value is -7.93. The van der Waals surface area contributed by atoms with Crippen molar-refractivity contribution in [2.24, 2.45) is 15.0 Å². The van der Waals surface area contributed by atoms with Gasteiger partial charge in [-0.05, 0) is 113 Å². The van der Waals surface area contributed by atoms with Gasteiger partial charge in [-0.25, -0.2) is 4.57 Å². The zero-order valence-corrected chi connectivity index (χ0v) is 55.1. The third-order valence-corrected chi connectivity index (χ3v) is 19.2. The number of aryl methyl sites for hydroxylation is 3. The van der Waals surface area contributed by atoms with Crippen LogP contribution in [0.1, 0.15) is 128 Å². The maximum absolute atomic E-state index is 15.2.